The maximum absolute atomic E-state index is 13.5. The lowest BCUT2D eigenvalue weighted by Crippen LogP contribution is -2.46. The van der Waals surface area contributed by atoms with Crippen molar-refractivity contribution in [1.82, 2.24) is 19.1 Å². The summed E-state index contributed by atoms with van der Waals surface area (Å²) < 4.78 is 32.5. The van der Waals surface area contributed by atoms with Gasteiger partial charge in [0, 0.05) is 38.4 Å². The fourth-order valence-corrected chi connectivity index (χ4v) is 5.08. The molecule has 4 aromatic rings. The van der Waals surface area contributed by atoms with Crippen LogP contribution in [0.3, 0.4) is 0 Å². The van der Waals surface area contributed by atoms with Crippen molar-refractivity contribution in [3.8, 4) is 0 Å². The second kappa shape index (κ2) is 10.7. The summed E-state index contributed by atoms with van der Waals surface area (Å²) in [6, 6.07) is 15.6. The lowest BCUT2D eigenvalue weighted by molar-refractivity contribution is 0.151. The number of fused-ring (bicyclic) bond motifs is 1. The lowest BCUT2D eigenvalue weighted by Gasteiger charge is -2.38. The molecule has 2 aromatic heterocycles. The van der Waals surface area contributed by atoms with Gasteiger partial charge in [0.25, 0.3) is 5.56 Å². The topological polar surface area (TPSA) is 126 Å². The maximum atomic E-state index is 13.5. The van der Waals surface area contributed by atoms with Gasteiger partial charge in [-0.15, -0.1) is 0 Å². The highest BCUT2D eigenvalue weighted by molar-refractivity contribution is 7.46. The van der Waals surface area contributed by atoms with E-state index in [1.165, 1.54) is 24.4 Å². The fourth-order valence-electron chi connectivity index (χ4n) is 4.81. The third kappa shape index (κ3) is 5.63. The Morgan fingerprint density at radius 3 is 2.50 bits per heavy atom. The molecule has 38 heavy (non-hydrogen) atoms. The van der Waals surface area contributed by atoms with Crippen LogP contribution in [-0.4, -0.2) is 55.1 Å². The van der Waals surface area contributed by atoms with E-state index in [0.29, 0.717) is 19.6 Å². The van der Waals surface area contributed by atoms with E-state index in [9.17, 15) is 13.8 Å². The van der Waals surface area contributed by atoms with E-state index in [1.54, 1.807) is 19.2 Å². The Labute approximate surface area is 218 Å². The van der Waals surface area contributed by atoms with Crippen molar-refractivity contribution >= 4 is 30.8 Å². The number of nitrogens with zero attached hydrogens (tertiary/aromatic N) is 6. The Kier molecular flexibility index (Phi) is 7.31. The highest BCUT2D eigenvalue weighted by Gasteiger charge is 2.28. The minimum Gasteiger partial charge on any atom is -0.342 e. The molecule has 2 N–H and O–H groups in total. The summed E-state index contributed by atoms with van der Waals surface area (Å²) in [6.45, 7) is 1.33. The molecule has 5 rings (SSSR count). The van der Waals surface area contributed by atoms with Crippen LogP contribution in [0.5, 0.6) is 0 Å². The molecule has 11 nitrogen and oxygen atoms in total. The quantitative estimate of drug-likeness (QED) is 0.323. The zero-order chi connectivity index (χ0) is 26.9. The molecular formula is C25H28FN6O5P. The first kappa shape index (κ1) is 26.1. The summed E-state index contributed by atoms with van der Waals surface area (Å²) in [4.78, 5) is 43.8. The second-order valence-corrected chi connectivity index (χ2v) is 10.4. The van der Waals surface area contributed by atoms with Gasteiger partial charge in [0.1, 0.15) is 12.5 Å². The van der Waals surface area contributed by atoms with Crippen LogP contribution in [0.4, 0.5) is 16.3 Å². The lowest BCUT2D eigenvalue weighted by atomic mass is 10.0. The van der Waals surface area contributed by atoms with E-state index in [-0.39, 0.29) is 17.8 Å². The summed E-state index contributed by atoms with van der Waals surface area (Å²) in [7, 11) is -2.96. The van der Waals surface area contributed by atoms with Crippen LogP contribution in [0.2, 0.25) is 0 Å². The standard InChI is InChI=1S/C25H28FN6O5P/c1-29(24-27-13-10-23(33)32(24)17-37-38(34,35)36)20-11-14-30(15-12-20)25-28-21-4-2-3-5-22(21)31(25)16-18-6-8-19(26)9-7-18/h2-10,13,20H,11-12,14-17H2,1H3,(H2,34,35,36). The number of aromatic nitrogens is 4. The van der Waals surface area contributed by atoms with Gasteiger partial charge in [0.15, 0.2) is 0 Å². The van der Waals surface area contributed by atoms with Crippen LogP contribution in [0.1, 0.15) is 18.4 Å². The number of phosphoric acid groups is 1. The molecule has 0 amide bonds. The Balaban J connectivity index is 1.35. The largest absolute Gasteiger partial charge is 0.471 e. The molecule has 1 aliphatic rings. The summed E-state index contributed by atoms with van der Waals surface area (Å²) in [5.41, 5.74) is 2.37. The van der Waals surface area contributed by atoms with Gasteiger partial charge in [0.2, 0.25) is 11.9 Å². The first-order valence-electron chi connectivity index (χ1n) is 12.1. The number of piperidine rings is 1. The van der Waals surface area contributed by atoms with Crippen LogP contribution < -0.4 is 15.4 Å². The molecule has 0 bridgehead atoms. The van der Waals surface area contributed by atoms with Gasteiger partial charge >= 0.3 is 7.82 Å². The number of phosphoric ester groups is 1. The molecule has 13 heteroatoms. The highest BCUT2D eigenvalue weighted by atomic mass is 31.2. The number of anilines is 2. The minimum atomic E-state index is -4.76. The predicted octanol–water partition coefficient (Wildman–Crippen LogP) is 2.95. The van der Waals surface area contributed by atoms with Crippen molar-refractivity contribution < 1.29 is 23.3 Å². The van der Waals surface area contributed by atoms with Crippen molar-refractivity contribution in [2.24, 2.45) is 0 Å². The average Bonchev–Trinajstić information content (AvgIpc) is 3.26. The summed E-state index contributed by atoms with van der Waals surface area (Å²) in [6.07, 6.45) is 2.84. The van der Waals surface area contributed by atoms with Gasteiger partial charge in [0.05, 0.1) is 17.6 Å². The van der Waals surface area contributed by atoms with Gasteiger partial charge in [-0.3, -0.25) is 13.9 Å². The van der Waals surface area contributed by atoms with Gasteiger partial charge in [-0.2, -0.15) is 0 Å². The molecule has 0 radical (unpaired) electrons. The Morgan fingerprint density at radius 2 is 1.79 bits per heavy atom. The minimum absolute atomic E-state index is 0.0248. The van der Waals surface area contributed by atoms with Crippen molar-refractivity contribution in [2.45, 2.75) is 32.2 Å². The van der Waals surface area contributed by atoms with Crippen molar-refractivity contribution in [3.05, 3.63) is 82.5 Å². The number of halogens is 1. The third-order valence-electron chi connectivity index (χ3n) is 6.77. The van der Waals surface area contributed by atoms with Crippen LogP contribution in [0, 0.1) is 5.82 Å². The Hall–Kier alpha value is -3.57. The maximum Gasteiger partial charge on any atom is 0.471 e. The van der Waals surface area contributed by atoms with Gasteiger partial charge in [-0.1, -0.05) is 24.3 Å². The van der Waals surface area contributed by atoms with Crippen molar-refractivity contribution in [3.63, 3.8) is 0 Å². The molecule has 1 saturated heterocycles. The molecule has 0 saturated carbocycles. The number of benzene rings is 2. The number of hydrogen-bond donors (Lipinski definition) is 2. The van der Waals surface area contributed by atoms with E-state index >= 15 is 0 Å². The zero-order valence-electron chi connectivity index (χ0n) is 20.7. The van der Waals surface area contributed by atoms with Crippen LogP contribution >= 0.6 is 7.82 Å². The van der Waals surface area contributed by atoms with E-state index < -0.39 is 20.1 Å². The van der Waals surface area contributed by atoms with Crippen LogP contribution in [-0.2, 0) is 22.4 Å². The average molecular weight is 543 g/mol. The first-order chi connectivity index (χ1) is 18.2. The van der Waals surface area contributed by atoms with Crippen molar-refractivity contribution in [2.75, 3.05) is 29.9 Å². The number of para-hydroxylation sites is 2. The molecule has 3 heterocycles. The normalized spacial score (nSPS) is 14.8. The van der Waals surface area contributed by atoms with E-state index in [4.69, 9.17) is 14.8 Å². The van der Waals surface area contributed by atoms with E-state index in [0.717, 1.165) is 40.0 Å². The van der Waals surface area contributed by atoms with Crippen LogP contribution in [0.15, 0.2) is 65.6 Å². The second-order valence-electron chi connectivity index (χ2n) is 9.20. The molecule has 1 aliphatic heterocycles. The monoisotopic (exact) mass is 542 g/mol. The number of rotatable bonds is 8. The third-order valence-corrected chi connectivity index (χ3v) is 7.22. The molecule has 0 unspecified atom stereocenters. The fraction of sp³-hybridized carbons (Fsp3) is 0.320. The van der Waals surface area contributed by atoms with E-state index in [1.807, 2.05) is 29.2 Å². The molecule has 2 aromatic carbocycles. The first-order valence-corrected chi connectivity index (χ1v) is 13.7. The van der Waals surface area contributed by atoms with Gasteiger partial charge in [-0.05, 0) is 42.7 Å². The summed E-state index contributed by atoms with van der Waals surface area (Å²) in [5, 5.41) is 0. The molecule has 0 atom stereocenters. The zero-order valence-corrected chi connectivity index (χ0v) is 21.6. The Morgan fingerprint density at radius 1 is 1.08 bits per heavy atom. The molecule has 0 spiro atoms. The summed E-state index contributed by atoms with van der Waals surface area (Å²) >= 11 is 0. The van der Waals surface area contributed by atoms with Crippen LogP contribution in [0.25, 0.3) is 11.0 Å². The molecule has 0 aliphatic carbocycles. The highest BCUT2D eigenvalue weighted by Crippen LogP contribution is 2.36. The smallest absolute Gasteiger partial charge is 0.342 e. The molecular weight excluding hydrogens is 514 g/mol. The number of imidazole rings is 1. The van der Waals surface area contributed by atoms with E-state index in [2.05, 4.69) is 19.0 Å². The van der Waals surface area contributed by atoms with Crippen molar-refractivity contribution in [1.29, 1.82) is 0 Å². The predicted molar refractivity (Wildman–Crippen MR) is 140 cm³/mol. The van der Waals surface area contributed by atoms with Gasteiger partial charge in [-0.25, -0.2) is 18.9 Å². The summed E-state index contributed by atoms with van der Waals surface area (Å²) in [5.74, 6) is 0.830. The number of hydrogen-bond acceptors (Lipinski definition) is 7. The Bertz CT molecular complexity index is 1530. The molecule has 1 fully saturated rings. The SMILES string of the molecule is CN(c1nccc(=O)n1COP(=O)(O)O)C1CCN(c2nc3ccccc3n2Cc2ccc(F)cc2)CC1. The van der Waals surface area contributed by atoms with Gasteiger partial charge < -0.3 is 24.2 Å². The molecule has 200 valence electrons.